The number of carbonyl (C=O) groups is 1. The lowest BCUT2D eigenvalue weighted by molar-refractivity contribution is 0.102. The maximum Gasteiger partial charge on any atom is 0.259 e. The molecule has 0 aliphatic rings. The van der Waals surface area contributed by atoms with Crippen LogP contribution in [0.25, 0.3) is 0 Å². The zero-order chi connectivity index (χ0) is 21.6. The maximum absolute atomic E-state index is 12.9. The molecule has 0 saturated carbocycles. The lowest BCUT2D eigenvalue weighted by Gasteiger charge is -2.20. The van der Waals surface area contributed by atoms with Gasteiger partial charge in [0.15, 0.2) is 0 Å². The van der Waals surface area contributed by atoms with E-state index in [2.05, 4.69) is 5.32 Å². The van der Waals surface area contributed by atoms with E-state index < -0.39 is 15.9 Å². The highest BCUT2D eigenvalue weighted by molar-refractivity contribution is 7.89. The average molecular weight is 421 g/mol. The molecule has 0 aromatic heterocycles. The Morgan fingerprint density at radius 3 is 2.28 bits per heavy atom. The molecule has 7 nitrogen and oxygen atoms in total. The van der Waals surface area contributed by atoms with Crippen molar-refractivity contribution in [2.45, 2.75) is 32.6 Å². The standard InChI is InChI=1S/C21H28N2O5S/c1-6-23(7-2)29(25,26)16-10-12-20(28-8-3)18(14-16)22-21(24)17-13-15(4)9-11-19(17)27-5/h9-14H,6-8H2,1-5H3,(H,22,24). The number of nitrogens with one attached hydrogen (secondary N) is 1. The van der Waals surface area contributed by atoms with Gasteiger partial charge in [-0.2, -0.15) is 4.31 Å². The highest BCUT2D eigenvalue weighted by Gasteiger charge is 2.24. The molecule has 158 valence electrons. The molecule has 0 atom stereocenters. The van der Waals surface area contributed by atoms with Gasteiger partial charge in [-0.1, -0.05) is 25.5 Å². The minimum absolute atomic E-state index is 0.0937. The molecule has 2 aromatic rings. The molecule has 0 radical (unpaired) electrons. The van der Waals surface area contributed by atoms with E-state index in [-0.39, 0.29) is 10.6 Å². The molecule has 0 spiro atoms. The molecule has 0 aliphatic carbocycles. The van der Waals surface area contributed by atoms with Crippen molar-refractivity contribution in [1.82, 2.24) is 4.31 Å². The lowest BCUT2D eigenvalue weighted by atomic mass is 10.1. The number of aryl methyl sites for hydroxylation is 1. The Bertz CT molecular complexity index is 969. The smallest absolute Gasteiger partial charge is 0.259 e. The monoisotopic (exact) mass is 420 g/mol. The molecule has 1 amide bonds. The summed E-state index contributed by atoms with van der Waals surface area (Å²) in [5.74, 6) is 0.410. The molecule has 2 aromatic carbocycles. The number of sulfonamides is 1. The van der Waals surface area contributed by atoms with Crippen LogP contribution >= 0.6 is 0 Å². The fourth-order valence-electron chi connectivity index (χ4n) is 2.95. The van der Waals surface area contributed by atoms with Crippen LogP contribution in [0.2, 0.25) is 0 Å². The van der Waals surface area contributed by atoms with Crippen molar-refractivity contribution in [1.29, 1.82) is 0 Å². The first-order valence-corrected chi connectivity index (χ1v) is 10.9. The predicted molar refractivity (Wildman–Crippen MR) is 113 cm³/mol. The van der Waals surface area contributed by atoms with E-state index in [9.17, 15) is 13.2 Å². The lowest BCUT2D eigenvalue weighted by Crippen LogP contribution is -2.30. The topological polar surface area (TPSA) is 84.9 Å². The maximum atomic E-state index is 12.9. The minimum atomic E-state index is -3.67. The van der Waals surface area contributed by atoms with Gasteiger partial charge in [-0.05, 0) is 44.2 Å². The number of anilines is 1. The van der Waals surface area contributed by atoms with Gasteiger partial charge in [-0.25, -0.2) is 8.42 Å². The van der Waals surface area contributed by atoms with Gasteiger partial charge in [0.1, 0.15) is 11.5 Å². The molecule has 1 N–H and O–H groups in total. The van der Waals surface area contributed by atoms with Crippen molar-refractivity contribution in [2.24, 2.45) is 0 Å². The van der Waals surface area contributed by atoms with E-state index in [0.29, 0.717) is 36.8 Å². The SMILES string of the molecule is CCOc1ccc(S(=O)(=O)N(CC)CC)cc1NC(=O)c1cc(C)ccc1OC. The molecular formula is C21H28N2O5S. The summed E-state index contributed by atoms with van der Waals surface area (Å²) in [6.07, 6.45) is 0. The molecule has 0 saturated heterocycles. The second kappa shape index (κ2) is 9.76. The number of hydrogen-bond acceptors (Lipinski definition) is 5. The van der Waals surface area contributed by atoms with Crippen molar-refractivity contribution >= 4 is 21.6 Å². The number of rotatable bonds is 9. The third kappa shape index (κ3) is 5.07. The third-order valence-corrected chi connectivity index (χ3v) is 6.49. The van der Waals surface area contributed by atoms with Gasteiger partial charge in [0.05, 0.1) is 29.9 Å². The summed E-state index contributed by atoms with van der Waals surface area (Å²) in [4.78, 5) is 13.0. The van der Waals surface area contributed by atoms with Gasteiger partial charge in [-0.3, -0.25) is 4.79 Å². The molecule has 0 aliphatic heterocycles. The molecule has 0 unspecified atom stereocenters. The van der Waals surface area contributed by atoms with Crippen molar-refractivity contribution < 1.29 is 22.7 Å². The number of nitrogens with zero attached hydrogens (tertiary/aromatic N) is 1. The van der Waals surface area contributed by atoms with E-state index in [0.717, 1.165) is 5.56 Å². The second-order valence-electron chi connectivity index (χ2n) is 6.34. The van der Waals surface area contributed by atoms with E-state index in [1.807, 2.05) is 19.9 Å². The fraction of sp³-hybridized carbons (Fsp3) is 0.381. The third-order valence-electron chi connectivity index (χ3n) is 4.44. The van der Waals surface area contributed by atoms with Gasteiger partial charge in [-0.15, -0.1) is 0 Å². The molecule has 0 fully saturated rings. The van der Waals surface area contributed by atoms with Crippen LogP contribution in [0.5, 0.6) is 11.5 Å². The van der Waals surface area contributed by atoms with Crippen LogP contribution in [0.15, 0.2) is 41.3 Å². The summed E-state index contributed by atoms with van der Waals surface area (Å²) >= 11 is 0. The van der Waals surface area contributed by atoms with Crippen LogP contribution in [-0.2, 0) is 10.0 Å². The van der Waals surface area contributed by atoms with Crippen molar-refractivity contribution in [3.05, 3.63) is 47.5 Å². The summed E-state index contributed by atoms with van der Waals surface area (Å²) in [5.41, 5.74) is 1.54. The molecule has 2 rings (SSSR count). The Kier molecular flexibility index (Phi) is 7.64. The van der Waals surface area contributed by atoms with Crippen LogP contribution < -0.4 is 14.8 Å². The first-order valence-electron chi connectivity index (χ1n) is 9.51. The quantitative estimate of drug-likeness (QED) is 0.669. The van der Waals surface area contributed by atoms with Gasteiger partial charge in [0.2, 0.25) is 10.0 Å². The van der Waals surface area contributed by atoms with Gasteiger partial charge >= 0.3 is 0 Å². The van der Waals surface area contributed by atoms with Crippen LogP contribution in [0.4, 0.5) is 5.69 Å². The second-order valence-corrected chi connectivity index (χ2v) is 8.28. The summed E-state index contributed by atoms with van der Waals surface area (Å²) in [6, 6.07) is 9.75. The first-order chi connectivity index (χ1) is 13.8. The highest BCUT2D eigenvalue weighted by Crippen LogP contribution is 2.30. The first kappa shape index (κ1) is 22.7. The van der Waals surface area contributed by atoms with Crippen LogP contribution in [0.1, 0.15) is 36.7 Å². The Balaban J connectivity index is 2.48. The van der Waals surface area contributed by atoms with Crippen LogP contribution in [0.3, 0.4) is 0 Å². The average Bonchev–Trinajstić information content (AvgIpc) is 2.70. The van der Waals surface area contributed by atoms with Crippen molar-refractivity contribution in [3.63, 3.8) is 0 Å². The van der Waals surface area contributed by atoms with Crippen LogP contribution in [0, 0.1) is 6.92 Å². The van der Waals surface area contributed by atoms with Gasteiger partial charge in [0.25, 0.3) is 5.91 Å². The summed E-state index contributed by atoms with van der Waals surface area (Å²) in [7, 11) is -2.18. The Morgan fingerprint density at radius 1 is 1.03 bits per heavy atom. The highest BCUT2D eigenvalue weighted by atomic mass is 32.2. The molecular weight excluding hydrogens is 392 g/mol. The minimum Gasteiger partial charge on any atom is -0.496 e. The number of amides is 1. The number of hydrogen-bond donors (Lipinski definition) is 1. The van der Waals surface area contributed by atoms with E-state index in [4.69, 9.17) is 9.47 Å². The summed E-state index contributed by atoms with van der Waals surface area (Å²) in [6.45, 7) is 8.33. The van der Waals surface area contributed by atoms with Gasteiger partial charge < -0.3 is 14.8 Å². The van der Waals surface area contributed by atoms with Crippen LogP contribution in [-0.4, -0.2) is 45.4 Å². The van der Waals surface area contributed by atoms with E-state index in [1.165, 1.54) is 23.5 Å². The van der Waals surface area contributed by atoms with Gasteiger partial charge in [0, 0.05) is 13.1 Å². The number of ether oxygens (including phenoxy) is 2. The molecule has 29 heavy (non-hydrogen) atoms. The molecule has 0 bridgehead atoms. The Morgan fingerprint density at radius 2 is 1.69 bits per heavy atom. The molecule has 0 heterocycles. The number of carbonyl (C=O) groups excluding carboxylic acids is 1. The van der Waals surface area contributed by atoms with E-state index >= 15 is 0 Å². The predicted octanol–water partition coefficient (Wildman–Crippen LogP) is 3.69. The Hall–Kier alpha value is -2.58. The Labute approximate surface area is 172 Å². The largest absolute Gasteiger partial charge is 0.496 e. The fourth-order valence-corrected chi connectivity index (χ4v) is 4.43. The normalized spacial score (nSPS) is 11.4. The zero-order valence-corrected chi connectivity index (χ0v) is 18.3. The summed E-state index contributed by atoms with van der Waals surface area (Å²) < 4.78 is 38.0. The van der Waals surface area contributed by atoms with Crippen molar-refractivity contribution in [3.8, 4) is 11.5 Å². The van der Waals surface area contributed by atoms with Crippen molar-refractivity contribution in [2.75, 3.05) is 32.1 Å². The number of benzene rings is 2. The van der Waals surface area contributed by atoms with E-state index in [1.54, 1.807) is 32.0 Å². The number of methoxy groups -OCH3 is 1. The zero-order valence-electron chi connectivity index (χ0n) is 17.5. The summed E-state index contributed by atoms with van der Waals surface area (Å²) in [5, 5.41) is 2.77. The molecule has 8 heteroatoms.